The molecular weight excluding hydrogens is 274 g/mol. The Labute approximate surface area is 126 Å². The highest BCUT2D eigenvalue weighted by molar-refractivity contribution is 8.00. The SMILES string of the molecule is CCCCCC1SCC(C(=O)OC)N1C(=O)CC(C)C. The van der Waals surface area contributed by atoms with Crippen molar-refractivity contribution in [3.63, 3.8) is 0 Å². The molecule has 5 heteroatoms. The molecule has 0 aromatic rings. The van der Waals surface area contributed by atoms with Gasteiger partial charge in [0, 0.05) is 12.2 Å². The Morgan fingerprint density at radius 2 is 2.05 bits per heavy atom. The normalized spacial score (nSPS) is 22.4. The Balaban J connectivity index is 2.73. The molecule has 1 aliphatic rings. The molecule has 0 aromatic carbocycles. The number of methoxy groups -OCH3 is 1. The van der Waals surface area contributed by atoms with E-state index in [1.807, 2.05) is 13.8 Å². The van der Waals surface area contributed by atoms with E-state index in [2.05, 4.69) is 6.92 Å². The van der Waals surface area contributed by atoms with Crippen LogP contribution >= 0.6 is 11.8 Å². The van der Waals surface area contributed by atoms with Gasteiger partial charge < -0.3 is 9.64 Å². The van der Waals surface area contributed by atoms with Crippen molar-refractivity contribution in [2.75, 3.05) is 12.9 Å². The van der Waals surface area contributed by atoms with Crippen LogP contribution < -0.4 is 0 Å². The Hall–Kier alpha value is -0.710. The molecule has 20 heavy (non-hydrogen) atoms. The second-order valence-corrected chi connectivity index (χ2v) is 6.93. The van der Waals surface area contributed by atoms with Crippen LogP contribution in [0, 0.1) is 5.92 Å². The van der Waals surface area contributed by atoms with Crippen molar-refractivity contribution in [3.8, 4) is 0 Å². The molecule has 0 N–H and O–H groups in total. The maximum Gasteiger partial charge on any atom is 0.329 e. The molecule has 1 saturated heterocycles. The second kappa shape index (κ2) is 8.55. The van der Waals surface area contributed by atoms with E-state index in [9.17, 15) is 9.59 Å². The van der Waals surface area contributed by atoms with Crippen molar-refractivity contribution in [1.29, 1.82) is 0 Å². The first-order valence-corrected chi connectivity index (χ1v) is 8.56. The van der Waals surface area contributed by atoms with Crippen LogP contribution in [0.4, 0.5) is 0 Å². The number of unbranched alkanes of at least 4 members (excludes halogenated alkanes) is 2. The molecule has 2 unspecified atom stereocenters. The fourth-order valence-corrected chi connectivity index (χ4v) is 3.92. The lowest BCUT2D eigenvalue weighted by Crippen LogP contribution is -2.46. The number of carbonyl (C=O) groups is 2. The summed E-state index contributed by atoms with van der Waals surface area (Å²) in [5.74, 6) is 0.769. The van der Waals surface area contributed by atoms with Gasteiger partial charge in [-0.2, -0.15) is 0 Å². The molecule has 2 atom stereocenters. The minimum absolute atomic E-state index is 0.0851. The van der Waals surface area contributed by atoms with Gasteiger partial charge in [-0.15, -0.1) is 11.8 Å². The summed E-state index contributed by atoms with van der Waals surface area (Å²) in [6.45, 7) is 6.22. The maximum atomic E-state index is 12.4. The molecule has 0 aromatic heterocycles. The largest absolute Gasteiger partial charge is 0.467 e. The van der Waals surface area contributed by atoms with Crippen LogP contribution in [0.3, 0.4) is 0 Å². The maximum absolute atomic E-state index is 12.4. The van der Waals surface area contributed by atoms with Gasteiger partial charge in [0.25, 0.3) is 0 Å². The molecule has 1 aliphatic heterocycles. The van der Waals surface area contributed by atoms with Gasteiger partial charge in [0.15, 0.2) is 0 Å². The fraction of sp³-hybridized carbons (Fsp3) is 0.867. The number of hydrogen-bond donors (Lipinski definition) is 0. The Morgan fingerprint density at radius 1 is 1.35 bits per heavy atom. The molecule has 0 bridgehead atoms. The molecule has 0 radical (unpaired) electrons. The third kappa shape index (κ3) is 4.69. The molecule has 116 valence electrons. The van der Waals surface area contributed by atoms with E-state index in [1.165, 1.54) is 13.5 Å². The molecule has 1 heterocycles. The van der Waals surface area contributed by atoms with Gasteiger partial charge in [-0.25, -0.2) is 4.79 Å². The minimum atomic E-state index is -0.400. The van der Waals surface area contributed by atoms with Crippen molar-refractivity contribution in [3.05, 3.63) is 0 Å². The Morgan fingerprint density at radius 3 is 2.60 bits per heavy atom. The molecule has 0 saturated carbocycles. The molecular formula is C15H27NO3S. The summed E-state index contributed by atoms with van der Waals surface area (Å²) in [7, 11) is 1.39. The monoisotopic (exact) mass is 301 g/mol. The number of carbonyl (C=O) groups excluding carboxylic acids is 2. The Bertz CT molecular complexity index is 333. The standard InChI is InChI=1S/C15H27NO3S/c1-5-6-7-8-14-16(13(17)9-11(2)3)12(10-20-14)15(18)19-4/h11-12,14H,5-10H2,1-4H3. The highest BCUT2D eigenvalue weighted by Crippen LogP contribution is 2.34. The first-order valence-electron chi connectivity index (χ1n) is 7.51. The number of thioether (sulfide) groups is 1. The zero-order valence-corrected chi connectivity index (χ0v) is 13.9. The molecule has 1 fully saturated rings. The van der Waals surface area contributed by atoms with Crippen molar-refractivity contribution in [2.24, 2.45) is 5.92 Å². The number of amides is 1. The summed E-state index contributed by atoms with van der Waals surface area (Å²) in [6, 6.07) is -0.400. The summed E-state index contributed by atoms with van der Waals surface area (Å²) in [4.78, 5) is 26.1. The van der Waals surface area contributed by atoms with E-state index in [0.717, 1.165) is 19.3 Å². The number of nitrogens with zero attached hydrogens (tertiary/aromatic N) is 1. The first-order chi connectivity index (χ1) is 9.51. The van der Waals surface area contributed by atoms with Gasteiger partial charge >= 0.3 is 5.97 Å². The second-order valence-electron chi connectivity index (χ2n) is 5.72. The van der Waals surface area contributed by atoms with Crippen LogP contribution in [0.25, 0.3) is 0 Å². The van der Waals surface area contributed by atoms with Gasteiger partial charge in [-0.05, 0) is 12.3 Å². The van der Waals surface area contributed by atoms with Crippen LogP contribution in [0.5, 0.6) is 0 Å². The van der Waals surface area contributed by atoms with Crippen molar-refractivity contribution in [2.45, 2.75) is 64.3 Å². The van der Waals surface area contributed by atoms with E-state index < -0.39 is 6.04 Å². The van der Waals surface area contributed by atoms with E-state index >= 15 is 0 Å². The third-order valence-corrected chi connectivity index (χ3v) is 4.85. The van der Waals surface area contributed by atoms with E-state index in [4.69, 9.17) is 4.74 Å². The molecule has 1 rings (SSSR count). The molecule has 1 amide bonds. The number of hydrogen-bond acceptors (Lipinski definition) is 4. The molecule has 0 spiro atoms. The van der Waals surface area contributed by atoms with Gasteiger partial charge in [0.1, 0.15) is 6.04 Å². The average Bonchev–Trinajstić information content (AvgIpc) is 2.81. The highest BCUT2D eigenvalue weighted by Gasteiger charge is 2.41. The summed E-state index contributed by atoms with van der Waals surface area (Å²) in [6.07, 6.45) is 4.91. The third-order valence-electron chi connectivity index (χ3n) is 3.49. The van der Waals surface area contributed by atoms with Crippen LogP contribution in [0.2, 0.25) is 0 Å². The van der Waals surface area contributed by atoms with Gasteiger partial charge in [0.2, 0.25) is 5.91 Å². The van der Waals surface area contributed by atoms with Gasteiger partial charge in [0.05, 0.1) is 12.5 Å². The summed E-state index contributed by atoms with van der Waals surface area (Å²) < 4.78 is 4.85. The van der Waals surface area contributed by atoms with Crippen LogP contribution in [-0.4, -0.2) is 41.1 Å². The lowest BCUT2D eigenvalue weighted by atomic mass is 10.1. The van der Waals surface area contributed by atoms with Gasteiger partial charge in [-0.3, -0.25) is 4.79 Å². The van der Waals surface area contributed by atoms with E-state index in [0.29, 0.717) is 18.1 Å². The van der Waals surface area contributed by atoms with Crippen molar-refractivity contribution >= 4 is 23.6 Å². The lowest BCUT2D eigenvalue weighted by molar-refractivity contribution is -0.152. The van der Waals surface area contributed by atoms with Crippen LogP contribution in [-0.2, 0) is 14.3 Å². The predicted octanol–water partition coefficient (Wildman–Crippen LogP) is 3.06. The summed E-state index contributed by atoms with van der Waals surface area (Å²) >= 11 is 1.71. The van der Waals surface area contributed by atoms with Crippen LogP contribution in [0.1, 0.15) is 52.9 Å². The topological polar surface area (TPSA) is 46.6 Å². The van der Waals surface area contributed by atoms with E-state index in [1.54, 1.807) is 16.7 Å². The lowest BCUT2D eigenvalue weighted by Gasteiger charge is -2.28. The zero-order chi connectivity index (χ0) is 15.1. The van der Waals surface area contributed by atoms with Gasteiger partial charge in [-0.1, -0.05) is 40.0 Å². The first kappa shape index (κ1) is 17.3. The fourth-order valence-electron chi connectivity index (χ4n) is 2.46. The summed E-state index contributed by atoms with van der Waals surface area (Å²) in [5.41, 5.74) is 0. The quantitative estimate of drug-likeness (QED) is 0.535. The van der Waals surface area contributed by atoms with Crippen molar-refractivity contribution < 1.29 is 14.3 Å². The number of ether oxygens (including phenoxy) is 1. The van der Waals surface area contributed by atoms with E-state index in [-0.39, 0.29) is 17.3 Å². The minimum Gasteiger partial charge on any atom is -0.467 e. The molecule has 0 aliphatic carbocycles. The smallest absolute Gasteiger partial charge is 0.329 e. The van der Waals surface area contributed by atoms with Crippen LogP contribution in [0.15, 0.2) is 0 Å². The average molecular weight is 301 g/mol. The number of esters is 1. The number of rotatable bonds is 7. The highest BCUT2D eigenvalue weighted by atomic mass is 32.2. The summed E-state index contributed by atoms with van der Waals surface area (Å²) in [5, 5.41) is 0.136. The Kier molecular flexibility index (Phi) is 7.41. The van der Waals surface area contributed by atoms with Crippen molar-refractivity contribution in [1.82, 2.24) is 4.90 Å². The molecule has 4 nitrogen and oxygen atoms in total. The zero-order valence-electron chi connectivity index (χ0n) is 13.1. The predicted molar refractivity (Wildman–Crippen MR) is 82.5 cm³/mol.